The molecule has 1 aliphatic rings. The second-order valence-corrected chi connectivity index (χ2v) is 4.23. The third-order valence-corrected chi connectivity index (χ3v) is 2.09. The molecule has 0 atom stereocenters. The summed E-state index contributed by atoms with van der Waals surface area (Å²) in [5.41, 5.74) is 4.77. The summed E-state index contributed by atoms with van der Waals surface area (Å²) in [6, 6.07) is 0. The van der Waals surface area contributed by atoms with Crippen molar-refractivity contribution in [2.75, 3.05) is 19.6 Å². The molecule has 0 aromatic carbocycles. The third kappa shape index (κ3) is 1.96. The van der Waals surface area contributed by atoms with Gasteiger partial charge in [0.15, 0.2) is 0 Å². The molecular weight excluding hydrogens is 178 g/mol. The maximum Gasteiger partial charge on any atom is 0.336 e. The molecule has 1 amide bonds. The number of amides is 1. The van der Waals surface area contributed by atoms with Gasteiger partial charge in [-0.3, -0.25) is 4.79 Å². The number of halogens is 2. The van der Waals surface area contributed by atoms with Crippen LogP contribution in [0, 0.1) is 5.41 Å². The minimum absolute atomic E-state index is 0.0274. The van der Waals surface area contributed by atoms with Gasteiger partial charge in [-0.25, -0.2) is 0 Å². The lowest BCUT2D eigenvalue weighted by atomic mass is 9.84. The van der Waals surface area contributed by atoms with Crippen LogP contribution in [0.2, 0.25) is 0 Å². The minimum atomic E-state index is -3.39. The van der Waals surface area contributed by atoms with E-state index < -0.39 is 18.4 Å². The Morgan fingerprint density at radius 3 is 2.31 bits per heavy atom. The Balaban J connectivity index is 2.53. The minimum Gasteiger partial charge on any atom is -0.336 e. The Kier molecular flexibility index (Phi) is 2.32. The second kappa shape index (κ2) is 2.90. The number of alkyl halides is 2. The van der Waals surface area contributed by atoms with E-state index in [4.69, 9.17) is 5.73 Å². The van der Waals surface area contributed by atoms with E-state index in [-0.39, 0.29) is 5.41 Å². The van der Waals surface area contributed by atoms with Crippen LogP contribution in [-0.2, 0) is 4.79 Å². The van der Waals surface area contributed by atoms with Crippen molar-refractivity contribution < 1.29 is 13.6 Å². The summed E-state index contributed by atoms with van der Waals surface area (Å²) in [5.74, 6) is -4.54. The number of carbonyl (C=O) groups excluding carboxylic acids is 1. The van der Waals surface area contributed by atoms with Gasteiger partial charge in [-0.1, -0.05) is 13.8 Å². The zero-order chi connectivity index (χ0) is 10.3. The molecule has 13 heavy (non-hydrogen) atoms. The summed E-state index contributed by atoms with van der Waals surface area (Å²) in [4.78, 5) is 12.2. The molecule has 0 saturated carbocycles. The first kappa shape index (κ1) is 10.4. The highest BCUT2D eigenvalue weighted by Crippen LogP contribution is 2.31. The molecule has 0 radical (unpaired) electrons. The number of likely N-dealkylation sites (tertiary alicyclic amines) is 1. The van der Waals surface area contributed by atoms with Crippen LogP contribution in [0.25, 0.3) is 0 Å². The number of hydrogen-bond donors (Lipinski definition) is 1. The molecule has 0 aromatic heterocycles. The first-order chi connectivity index (χ1) is 5.78. The highest BCUT2D eigenvalue weighted by atomic mass is 19.3. The van der Waals surface area contributed by atoms with Crippen molar-refractivity contribution in [3.63, 3.8) is 0 Å². The number of carbonyl (C=O) groups is 1. The quantitative estimate of drug-likeness (QED) is 0.690. The summed E-state index contributed by atoms with van der Waals surface area (Å²) in [7, 11) is 0. The summed E-state index contributed by atoms with van der Waals surface area (Å²) < 4.78 is 25.5. The van der Waals surface area contributed by atoms with Gasteiger partial charge in [0, 0.05) is 13.1 Å². The lowest BCUT2D eigenvalue weighted by Gasteiger charge is -2.46. The maximum absolute atomic E-state index is 12.8. The van der Waals surface area contributed by atoms with E-state index in [2.05, 4.69) is 0 Å². The van der Waals surface area contributed by atoms with Crippen LogP contribution in [0.1, 0.15) is 13.8 Å². The SMILES string of the molecule is CC1(C)CN(C(=O)C(F)(F)CN)C1. The highest BCUT2D eigenvalue weighted by Gasteiger charge is 2.47. The normalized spacial score (nSPS) is 21.2. The summed E-state index contributed by atoms with van der Waals surface area (Å²) in [5, 5.41) is 0. The molecule has 2 N–H and O–H groups in total. The maximum atomic E-state index is 12.8. The molecule has 1 aliphatic heterocycles. The van der Waals surface area contributed by atoms with Gasteiger partial charge in [0.05, 0.1) is 6.54 Å². The smallest absolute Gasteiger partial charge is 0.336 e. The van der Waals surface area contributed by atoms with E-state index in [9.17, 15) is 13.6 Å². The molecular formula is C8H14F2N2O. The van der Waals surface area contributed by atoms with Crippen LogP contribution in [-0.4, -0.2) is 36.4 Å². The largest absolute Gasteiger partial charge is 0.336 e. The van der Waals surface area contributed by atoms with Crippen LogP contribution in [0.3, 0.4) is 0 Å². The van der Waals surface area contributed by atoms with Gasteiger partial charge < -0.3 is 10.6 Å². The Hall–Kier alpha value is -0.710. The monoisotopic (exact) mass is 192 g/mol. The van der Waals surface area contributed by atoms with Crippen molar-refractivity contribution in [2.45, 2.75) is 19.8 Å². The van der Waals surface area contributed by atoms with Crippen molar-refractivity contribution in [1.82, 2.24) is 4.90 Å². The molecule has 5 heteroatoms. The molecule has 1 saturated heterocycles. The van der Waals surface area contributed by atoms with Gasteiger partial charge in [0.25, 0.3) is 5.91 Å². The molecule has 0 aliphatic carbocycles. The van der Waals surface area contributed by atoms with Crippen LogP contribution < -0.4 is 5.73 Å². The predicted molar refractivity (Wildman–Crippen MR) is 44.4 cm³/mol. The van der Waals surface area contributed by atoms with Crippen molar-refractivity contribution in [3.8, 4) is 0 Å². The number of hydrogen-bond acceptors (Lipinski definition) is 2. The van der Waals surface area contributed by atoms with Crippen molar-refractivity contribution in [3.05, 3.63) is 0 Å². The summed E-state index contributed by atoms with van der Waals surface area (Å²) >= 11 is 0. The van der Waals surface area contributed by atoms with Crippen LogP contribution in [0.15, 0.2) is 0 Å². The lowest BCUT2D eigenvalue weighted by Crippen LogP contribution is -2.60. The van der Waals surface area contributed by atoms with E-state index in [1.807, 2.05) is 13.8 Å². The molecule has 3 nitrogen and oxygen atoms in total. The molecule has 0 aromatic rings. The molecule has 1 heterocycles. The van der Waals surface area contributed by atoms with E-state index in [1.54, 1.807) is 0 Å². The molecule has 76 valence electrons. The first-order valence-corrected chi connectivity index (χ1v) is 4.16. The Morgan fingerprint density at radius 2 is 2.00 bits per heavy atom. The van der Waals surface area contributed by atoms with Crippen LogP contribution >= 0.6 is 0 Å². The van der Waals surface area contributed by atoms with Crippen molar-refractivity contribution in [1.29, 1.82) is 0 Å². The fraction of sp³-hybridized carbons (Fsp3) is 0.875. The van der Waals surface area contributed by atoms with Crippen LogP contribution in [0.4, 0.5) is 8.78 Å². The summed E-state index contributed by atoms with van der Waals surface area (Å²) in [6.45, 7) is 3.72. The van der Waals surface area contributed by atoms with E-state index >= 15 is 0 Å². The standard InChI is InChI=1S/C8H14F2N2O/c1-7(2)4-12(5-7)6(13)8(9,10)3-11/h3-5,11H2,1-2H3. The van der Waals surface area contributed by atoms with Crippen LogP contribution in [0.5, 0.6) is 0 Å². The van der Waals surface area contributed by atoms with Gasteiger partial charge in [-0.05, 0) is 5.41 Å². The van der Waals surface area contributed by atoms with Gasteiger partial charge in [-0.2, -0.15) is 8.78 Å². The molecule has 0 unspecified atom stereocenters. The Morgan fingerprint density at radius 1 is 1.54 bits per heavy atom. The third-order valence-electron chi connectivity index (χ3n) is 2.09. The van der Waals surface area contributed by atoms with Gasteiger partial charge in [-0.15, -0.1) is 0 Å². The number of rotatable bonds is 2. The average molecular weight is 192 g/mol. The Labute approximate surface area is 75.9 Å². The lowest BCUT2D eigenvalue weighted by molar-refractivity contribution is -0.166. The molecule has 0 spiro atoms. The van der Waals surface area contributed by atoms with Crippen molar-refractivity contribution in [2.24, 2.45) is 11.1 Å². The molecule has 0 bridgehead atoms. The van der Waals surface area contributed by atoms with E-state index in [0.717, 1.165) is 4.90 Å². The van der Waals surface area contributed by atoms with Gasteiger partial charge in [0.2, 0.25) is 0 Å². The summed E-state index contributed by atoms with van der Waals surface area (Å²) in [6.07, 6.45) is 0. The number of nitrogens with two attached hydrogens (primary N) is 1. The van der Waals surface area contributed by atoms with Gasteiger partial charge >= 0.3 is 5.92 Å². The topological polar surface area (TPSA) is 46.3 Å². The fourth-order valence-electron chi connectivity index (χ4n) is 1.45. The Bertz CT molecular complexity index is 220. The van der Waals surface area contributed by atoms with E-state index in [1.165, 1.54) is 0 Å². The average Bonchev–Trinajstić information content (AvgIpc) is 1.98. The zero-order valence-electron chi connectivity index (χ0n) is 7.81. The highest BCUT2D eigenvalue weighted by molar-refractivity contribution is 5.84. The van der Waals surface area contributed by atoms with Gasteiger partial charge in [0.1, 0.15) is 0 Å². The van der Waals surface area contributed by atoms with Crippen molar-refractivity contribution >= 4 is 5.91 Å². The molecule has 1 fully saturated rings. The zero-order valence-corrected chi connectivity index (χ0v) is 7.81. The number of nitrogens with zero attached hydrogens (tertiary/aromatic N) is 1. The predicted octanol–water partition coefficient (Wildman–Crippen LogP) is 0.449. The van der Waals surface area contributed by atoms with E-state index in [0.29, 0.717) is 13.1 Å². The molecule has 1 rings (SSSR count). The fourth-order valence-corrected chi connectivity index (χ4v) is 1.45. The second-order valence-electron chi connectivity index (χ2n) is 4.23. The first-order valence-electron chi connectivity index (χ1n) is 4.16.